The number of sulfonamides is 1. The summed E-state index contributed by atoms with van der Waals surface area (Å²) in [6.45, 7) is 3.12. The number of hydrogen-bond donors (Lipinski definition) is 0. The monoisotopic (exact) mass is 406 g/mol. The second-order valence-corrected chi connectivity index (χ2v) is 9.11. The van der Waals surface area contributed by atoms with E-state index in [1.54, 1.807) is 53.4 Å². The second-order valence-electron chi connectivity index (χ2n) is 6.77. The first-order valence-electron chi connectivity index (χ1n) is 8.96. The van der Waals surface area contributed by atoms with Crippen LogP contribution in [0.1, 0.15) is 24.0 Å². The molecule has 7 heteroatoms. The van der Waals surface area contributed by atoms with Crippen LogP contribution in [0.4, 0.5) is 0 Å². The summed E-state index contributed by atoms with van der Waals surface area (Å²) in [6.07, 6.45) is 1.92. The molecule has 0 aliphatic carbocycles. The van der Waals surface area contributed by atoms with Crippen molar-refractivity contribution in [2.24, 2.45) is 0 Å². The van der Waals surface area contributed by atoms with Gasteiger partial charge in [0.15, 0.2) is 0 Å². The molecule has 0 bridgehead atoms. The van der Waals surface area contributed by atoms with Gasteiger partial charge in [-0.1, -0.05) is 47.5 Å². The van der Waals surface area contributed by atoms with E-state index in [2.05, 4.69) is 0 Å². The molecule has 0 unspecified atom stereocenters. The van der Waals surface area contributed by atoms with Crippen LogP contribution in [0.5, 0.6) is 0 Å². The van der Waals surface area contributed by atoms with E-state index in [0.29, 0.717) is 23.7 Å². The van der Waals surface area contributed by atoms with Gasteiger partial charge in [-0.15, -0.1) is 0 Å². The Morgan fingerprint density at radius 3 is 2.33 bits per heavy atom. The molecule has 0 aromatic heterocycles. The Morgan fingerprint density at radius 1 is 1.07 bits per heavy atom. The standard InChI is InChI=1S/C20H23ClN2O3S/c1-16-8-10-18(11-9-16)27(25,26)23(14-17-6-2-3-7-19(17)21)15-20(24)22-12-4-5-13-22/h2-3,6-11H,4-5,12-15H2,1H3. The molecule has 2 aromatic rings. The molecule has 0 spiro atoms. The third-order valence-electron chi connectivity index (χ3n) is 4.73. The number of nitrogens with zero attached hydrogens (tertiary/aromatic N) is 2. The Bertz CT molecular complexity index is 907. The highest BCUT2D eigenvalue weighted by Crippen LogP contribution is 2.23. The van der Waals surface area contributed by atoms with Crippen LogP contribution in [-0.4, -0.2) is 43.2 Å². The Morgan fingerprint density at radius 2 is 1.70 bits per heavy atom. The smallest absolute Gasteiger partial charge is 0.243 e. The molecule has 1 aliphatic heterocycles. The molecule has 0 N–H and O–H groups in total. The summed E-state index contributed by atoms with van der Waals surface area (Å²) in [4.78, 5) is 14.6. The molecule has 27 heavy (non-hydrogen) atoms. The molecule has 1 heterocycles. The summed E-state index contributed by atoms with van der Waals surface area (Å²) >= 11 is 6.23. The van der Waals surface area contributed by atoms with Crippen molar-refractivity contribution in [2.75, 3.05) is 19.6 Å². The molecule has 144 valence electrons. The quantitative estimate of drug-likeness (QED) is 0.738. The molecule has 1 fully saturated rings. The number of amides is 1. The summed E-state index contributed by atoms with van der Waals surface area (Å²) < 4.78 is 27.7. The molecule has 1 aliphatic rings. The third kappa shape index (κ3) is 4.69. The molecule has 3 rings (SSSR count). The normalized spacial score (nSPS) is 14.7. The predicted octanol–water partition coefficient (Wildman–Crippen LogP) is 3.46. The summed E-state index contributed by atoms with van der Waals surface area (Å²) in [6, 6.07) is 13.7. The Kier molecular flexibility index (Phi) is 6.19. The van der Waals surface area contributed by atoms with Crippen LogP contribution in [0, 0.1) is 6.92 Å². The molecule has 5 nitrogen and oxygen atoms in total. The van der Waals surface area contributed by atoms with Gasteiger partial charge in [-0.05, 0) is 43.5 Å². The van der Waals surface area contributed by atoms with Gasteiger partial charge in [0.25, 0.3) is 0 Å². The van der Waals surface area contributed by atoms with Crippen molar-refractivity contribution in [2.45, 2.75) is 31.2 Å². The highest BCUT2D eigenvalue weighted by Gasteiger charge is 2.30. The van der Waals surface area contributed by atoms with Crippen molar-refractivity contribution in [1.82, 2.24) is 9.21 Å². The number of carbonyl (C=O) groups excluding carboxylic acids is 1. The van der Waals surface area contributed by atoms with Gasteiger partial charge in [0.1, 0.15) is 0 Å². The second kappa shape index (κ2) is 8.42. The topological polar surface area (TPSA) is 57.7 Å². The average Bonchev–Trinajstić information content (AvgIpc) is 3.18. The van der Waals surface area contributed by atoms with Gasteiger partial charge in [0.05, 0.1) is 11.4 Å². The maximum Gasteiger partial charge on any atom is 0.243 e. The first kappa shape index (κ1) is 19.9. The van der Waals surface area contributed by atoms with Crippen molar-refractivity contribution < 1.29 is 13.2 Å². The van der Waals surface area contributed by atoms with E-state index in [1.165, 1.54) is 4.31 Å². The van der Waals surface area contributed by atoms with Crippen molar-refractivity contribution in [3.05, 3.63) is 64.7 Å². The van der Waals surface area contributed by atoms with Gasteiger partial charge in [0, 0.05) is 24.7 Å². The summed E-state index contributed by atoms with van der Waals surface area (Å²) in [5.74, 6) is -0.171. The summed E-state index contributed by atoms with van der Waals surface area (Å²) in [5, 5.41) is 0.482. The largest absolute Gasteiger partial charge is 0.342 e. The molecule has 2 aromatic carbocycles. The van der Waals surface area contributed by atoms with Gasteiger partial charge < -0.3 is 4.90 Å². The van der Waals surface area contributed by atoms with Crippen LogP contribution in [0.2, 0.25) is 5.02 Å². The lowest BCUT2D eigenvalue weighted by Crippen LogP contribution is -2.41. The van der Waals surface area contributed by atoms with E-state index in [9.17, 15) is 13.2 Å². The Hall–Kier alpha value is -1.89. The zero-order valence-electron chi connectivity index (χ0n) is 15.3. The van der Waals surface area contributed by atoms with E-state index in [1.807, 2.05) is 6.92 Å². The number of halogens is 1. The fourth-order valence-corrected chi connectivity index (χ4v) is 4.68. The molecule has 0 radical (unpaired) electrons. The lowest BCUT2D eigenvalue weighted by atomic mass is 10.2. The Balaban J connectivity index is 1.91. The van der Waals surface area contributed by atoms with E-state index in [0.717, 1.165) is 18.4 Å². The fraction of sp³-hybridized carbons (Fsp3) is 0.350. The fourth-order valence-electron chi connectivity index (χ4n) is 3.12. The van der Waals surface area contributed by atoms with Gasteiger partial charge in [0.2, 0.25) is 15.9 Å². The number of carbonyl (C=O) groups is 1. The minimum absolute atomic E-state index is 0.0511. The lowest BCUT2D eigenvalue weighted by molar-refractivity contribution is -0.130. The van der Waals surface area contributed by atoms with Gasteiger partial charge in [-0.25, -0.2) is 8.42 Å². The van der Waals surface area contributed by atoms with Crippen molar-refractivity contribution in [3.8, 4) is 0 Å². The predicted molar refractivity (Wildman–Crippen MR) is 106 cm³/mol. The van der Waals surface area contributed by atoms with Crippen LogP contribution in [0.25, 0.3) is 0 Å². The van der Waals surface area contributed by atoms with Crippen LogP contribution in [0.15, 0.2) is 53.4 Å². The molecular weight excluding hydrogens is 384 g/mol. The molecule has 1 amide bonds. The van der Waals surface area contributed by atoms with Gasteiger partial charge in [-0.2, -0.15) is 4.31 Å². The summed E-state index contributed by atoms with van der Waals surface area (Å²) in [5.41, 5.74) is 1.64. The van der Waals surface area contributed by atoms with Crippen molar-refractivity contribution in [3.63, 3.8) is 0 Å². The third-order valence-corrected chi connectivity index (χ3v) is 6.91. The van der Waals surface area contributed by atoms with Gasteiger partial charge >= 0.3 is 0 Å². The van der Waals surface area contributed by atoms with Crippen LogP contribution >= 0.6 is 11.6 Å². The highest BCUT2D eigenvalue weighted by atomic mass is 35.5. The number of benzene rings is 2. The maximum absolute atomic E-state index is 13.2. The van der Waals surface area contributed by atoms with Gasteiger partial charge in [-0.3, -0.25) is 4.79 Å². The molecule has 0 atom stereocenters. The molecular formula is C20H23ClN2O3S. The Labute approximate surface area is 165 Å². The number of likely N-dealkylation sites (tertiary alicyclic amines) is 1. The first-order valence-corrected chi connectivity index (χ1v) is 10.8. The van der Waals surface area contributed by atoms with Crippen molar-refractivity contribution in [1.29, 1.82) is 0 Å². The SMILES string of the molecule is Cc1ccc(S(=O)(=O)N(CC(=O)N2CCCC2)Cc2ccccc2Cl)cc1. The molecule has 0 saturated carbocycles. The van der Waals surface area contributed by atoms with E-state index < -0.39 is 10.0 Å². The first-order chi connectivity index (χ1) is 12.9. The molecule has 1 saturated heterocycles. The van der Waals surface area contributed by atoms with E-state index in [4.69, 9.17) is 11.6 Å². The van der Waals surface area contributed by atoms with Crippen LogP contribution < -0.4 is 0 Å². The minimum atomic E-state index is -3.83. The van der Waals surface area contributed by atoms with E-state index >= 15 is 0 Å². The maximum atomic E-state index is 13.2. The van der Waals surface area contributed by atoms with E-state index in [-0.39, 0.29) is 23.9 Å². The van der Waals surface area contributed by atoms with Crippen LogP contribution in [0.3, 0.4) is 0 Å². The number of aryl methyl sites for hydroxylation is 1. The minimum Gasteiger partial charge on any atom is -0.342 e. The number of rotatable bonds is 6. The summed E-state index contributed by atoms with van der Waals surface area (Å²) in [7, 11) is -3.83. The van der Waals surface area contributed by atoms with Crippen molar-refractivity contribution >= 4 is 27.5 Å². The zero-order chi connectivity index (χ0) is 19.4. The zero-order valence-corrected chi connectivity index (χ0v) is 16.8. The van der Waals surface area contributed by atoms with Crippen LogP contribution in [-0.2, 0) is 21.4 Å². The number of hydrogen-bond acceptors (Lipinski definition) is 3. The highest BCUT2D eigenvalue weighted by molar-refractivity contribution is 7.89. The lowest BCUT2D eigenvalue weighted by Gasteiger charge is -2.25. The average molecular weight is 407 g/mol.